The first-order valence-corrected chi connectivity index (χ1v) is 7.79. The molecule has 0 radical (unpaired) electrons. The van der Waals surface area contributed by atoms with Gasteiger partial charge in [0.25, 0.3) is 0 Å². The van der Waals surface area contributed by atoms with E-state index < -0.39 is 0 Å². The van der Waals surface area contributed by atoms with Gasteiger partial charge in [-0.2, -0.15) is 0 Å². The van der Waals surface area contributed by atoms with E-state index in [-0.39, 0.29) is 0 Å². The Balaban J connectivity index is 2.19. The normalized spacial score (nSPS) is 18.8. The van der Waals surface area contributed by atoms with Crippen LogP contribution in [0.3, 0.4) is 0 Å². The topological polar surface area (TPSA) is 15.3 Å². The zero-order valence-electron chi connectivity index (χ0n) is 10.8. The third kappa shape index (κ3) is 3.47. The fourth-order valence-corrected chi connectivity index (χ4v) is 3.06. The lowest BCUT2D eigenvalue weighted by Crippen LogP contribution is -2.45. The van der Waals surface area contributed by atoms with E-state index in [1.807, 2.05) is 6.07 Å². The fraction of sp³-hybridized carbons (Fsp3) is 0.571. The largest absolute Gasteiger partial charge is 0.314 e. The van der Waals surface area contributed by atoms with E-state index in [1.54, 1.807) is 0 Å². The van der Waals surface area contributed by atoms with E-state index in [4.69, 9.17) is 11.6 Å². The summed E-state index contributed by atoms with van der Waals surface area (Å²) in [5.74, 6) is 0. The molecule has 0 amide bonds. The molecule has 2 nitrogen and oxygen atoms in total. The molecule has 1 aromatic rings. The van der Waals surface area contributed by atoms with E-state index in [2.05, 4.69) is 45.2 Å². The van der Waals surface area contributed by atoms with Crippen LogP contribution in [0.15, 0.2) is 22.7 Å². The molecule has 0 spiro atoms. The second-order valence-corrected chi connectivity index (χ2v) is 6.03. The number of hydrogen-bond donors (Lipinski definition) is 1. The molecule has 2 rings (SSSR count). The molecule has 18 heavy (non-hydrogen) atoms. The second-order valence-electron chi connectivity index (χ2n) is 4.76. The van der Waals surface area contributed by atoms with E-state index in [1.165, 1.54) is 18.4 Å². The van der Waals surface area contributed by atoms with Crippen molar-refractivity contribution in [1.82, 2.24) is 10.2 Å². The van der Waals surface area contributed by atoms with Crippen molar-refractivity contribution in [3.8, 4) is 0 Å². The van der Waals surface area contributed by atoms with Crippen LogP contribution in [0.5, 0.6) is 0 Å². The van der Waals surface area contributed by atoms with Gasteiger partial charge in [0.2, 0.25) is 0 Å². The quantitative estimate of drug-likeness (QED) is 0.901. The lowest BCUT2D eigenvalue weighted by atomic mass is 10.00. The summed E-state index contributed by atoms with van der Waals surface area (Å²) in [4.78, 5) is 2.58. The van der Waals surface area contributed by atoms with Gasteiger partial charge in [-0.05, 0) is 40.0 Å². The predicted molar refractivity (Wildman–Crippen MR) is 81.2 cm³/mol. The van der Waals surface area contributed by atoms with Crippen LogP contribution in [-0.2, 0) is 0 Å². The predicted octanol–water partition coefficient (Wildman–Crippen LogP) is 3.85. The molecule has 1 N–H and O–H groups in total. The molecule has 0 bridgehead atoms. The minimum Gasteiger partial charge on any atom is -0.314 e. The standard InChI is InChI=1S/C14H20BrClN2/c1-2-3-14(18-8-6-17-7-9-18)11-4-5-13(16)12(15)10-11/h4-5,10,14,17H,2-3,6-9H2,1H3/t14-/m0/s1. The van der Waals surface area contributed by atoms with E-state index in [0.29, 0.717) is 6.04 Å². The molecule has 0 saturated carbocycles. The zero-order chi connectivity index (χ0) is 13.0. The van der Waals surface area contributed by atoms with Crippen LogP contribution in [0.25, 0.3) is 0 Å². The Kier molecular flexibility index (Phi) is 5.49. The number of rotatable bonds is 4. The van der Waals surface area contributed by atoms with E-state index in [9.17, 15) is 0 Å². The summed E-state index contributed by atoms with van der Waals surface area (Å²) in [7, 11) is 0. The van der Waals surface area contributed by atoms with Crippen molar-refractivity contribution < 1.29 is 0 Å². The van der Waals surface area contributed by atoms with Crippen LogP contribution in [0.1, 0.15) is 31.4 Å². The van der Waals surface area contributed by atoms with E-state index in [0.717, 1.165) is 35.7 Å². The van der Waals surface area contributed by atoms with Crippen molar-refractivity contribution in [3.63, 3.8) is 0 Å². The number of hydrogen-bond acceptors (Lipinski definition) is 2. The van der Waals surface area contributed by atoms with Crippen molar-refractivity contribution in [2.75, 3.05) is 26.2 Å². The fourth-order valence-electron chi connectivity index (χ4n) is 2.55. The monoisotopic (exact) mass is 330 g/mol. The highest BCUT2D eigenvalue weighted by Crippen LogP contribution is 2.31. The smallest absolute Gasteiger partial charge is 0.0548 e. The van der Waals surface area contributed by atoms with Crippen LogP contribution in [0.2, 0.25) is 5.02 Å². The lowest BCUT2D eigenvalue weighted by Gasteiger charge is -2.35. The molecule has 100 valence electrons. The van der Waals surface area contributed by atoms with Crippen LogP contribution in [-0.4, -0.2) is 31.1 Å². The average molecular weight is 332 g/mol. The van der Waals surface area contributed by atoms with Gasteiger partial charge >= 0.3 is 0 Å². The number of nitrogens with one attached hydrogen (secondary N) is 1. The molecule has 1 heterocycles. The molecule has 0 aliphatic carbocycles. The van der Waals surface area contributed by atoms with Crippen molar-refractivity contribution in [3.05, 3.63) is 33.3 Å². The molecular weight excluding hydrogens is 312 g/mol. The number of benzene rings is 1. The van der Waals surface area contributed by atoms with Gasteiger partial charge in [0.1, 0.15) is 0 Å². The summed E-state index contributed by atoms with van der Waals surface area (Å²) in [5, 5.41) is 4.20. The maximum Gasteiger partial charge on any atom is 0.0548 e. The molecule has 1 fully saturated rings. The number of nitrogens with zero attached hydrogens (tertiary/aromatic N) is 1. The number of halogens is 2. The Hall–Kier alpha value is -0.0900. The molecule has 0 aromatic heterocycles. The Labute approximate surface area is 123 Å². The van der Waals surface area contributed by atoms with Gasteiger partial charge in [-0.15, -0.1) is 0 Å². The third-order valence-corrected chi connectivity index (χ3v) is 4.70. The summed E-state index contributed by atoms with van der Waals surface area (Å²) in [6.07, 6.45) is 2.41. The molecule has 4 heteroatoms. The zero-order valence-corrected chi connectivity index (χ0v) is 13.1. The van der Waals surface area contributed by atoms with Gasteiger partial charge in [0.05, 0.1) is 5.02 Å². The molecule has 1 aliphatic rings. The Morgan fingerprint density at radius 1 is 1.39 bits per heavy atom. The Bertz CT molecular complexity index is 391. The third-order valence-electron chi connectivity index (χ3n) is 3.48. The molecule has 1 atom stereocenters. The first kappa shape index (κ1) is 14.3. The molecule has 0 unspecified atom stereocenters. The van der Waals surface area contributed by atoms with Gasteiger partial charge < -0.3 is 5.32 Å². The van der Waals surface area contributed by atoms with Crippen molar-refractivity contribution in [2.24, 2.45) is 0 Å². The highest BCUT2D eigenvalue weighted by atomic mass is 79.9. The van der Waals surface area contributed by atoms with Gasteiger partial charge in [-0.3, -0.25) is 4.90 Å². The van der Waals surface area contributed by atoms with Gasteiger partial charge in [0.15, 0.2) is 0 Å². The summed E-state index contributed by atoms with van der Waals surface area (Å²) >= 11 is 9.60. The number of piperazine rings is 1. The molecular formula is C14H20BrClN2. The Morgan fingerprint density at radius 2 is 2.11 bits per heavy atom. The summed E-state index contributed by atoms with van der Waals surface area (Å²) in [6.45, 7) is 6.69. The van der Waals surface area contributed by atoms with Crippen LogP contribution >= 0.6 is 27.5 Å². The van der Waals surface area contributed by atoms with Crippen molar-refractivity contribution >= 4 is 27.5 Å². The van der Waals surface area contributed by atoms with Gasteiger partial charge in [-0.25, -0.2) is 0 Å². The van der Waals surface area contributed by atoms with Crippen molar-refractivity contribution in [1.29, 1.82) is 0 Å². The van der Waals surface area contributed by atoms with Crippen molar-refractivity contribution in [2.45, 2.75) is 25.8 Å². The maximum atomic E-state index is 6.08. The van der Waals surface area contributed by atoms with Gasteiger partial charge in [0, 0.05) is 36.7 Å². The maximum absolute atomic E-state index is 6.08. The van der Waals surface area contributed by atoms with Gasteiger partial charge in [-0.1, -0.05) is 31.0 Å². The highest BCUT2D eigenvalue weighted by Gasteiger charge is 2.21. The van der Waals surface area contributed by atoms with Crippen LogP contribution in [0.4, 0.5) is 0 Å². The first-order chi connectivity index (χ1) is 8.72. The molecule has 1 aliphatic heterocycles. The summed E-state index contributed by atoms with van der Waals surface area (Å²) < 4.78 is 0.998. The van der Waals surface area contributed by atoms with Crippen LogP contribution in [0, 0.1) is 0 Å². The molecule has 1 saturated heterocycles. The summed E-state index contributed by atoms with van der Waals surface area (Å²) in [5.41, 5.74) is 1.37. The minimum atomic E-state index is 0.519. The molecule has 1 aromatic carbocycles. The average Bonchev–Trinajstić information content (AvgIpc) is 2.40. The second kappa shape index (κ2) is 6.90. The first-order valence-electron chi connectivity index (χ1n) is 6.62. The minimum absolute atomic E-state index is 0.519. The lowest BCUT2D eigenvalue weighted by molar-refractivity contribution is 0.164. The van der Waals surface area contributed by atoms with E-state index >= 15 is 0 Å². The summed E-state index contributed by atoms with van der Waals surface area (Å²) in [6, 6.07) is 6.84. The highest BCUT2D eigenvalue weighted by molar-refractivity contribution is 9.10. The SMILES string of the molecule is CCC[C@@H](c1ccc(Cl)c(Br)c1)N1CCNCC1. The van der Waals surface area contributed by atoms with Crippen LogP contribution < -0.4 is 5.32 Å². The Morgan fingerprint density at radius 3 is 2.72 bits per heavy atom.